The lowest BCUT2D eigenvalue weighted by atomic mass is 9.92. The summed E-state index contributed by atoms with van der Waals surface area (Å²) in [4.78, 5) is 36.0. The summed E-state index contributed by atoms with van der Waals surface area (Å²) in [6.07, 6.45) is 0.877. The average Bonchev–Trinajstić information content (AvgIpc) is 2.53. The molecule has 0 amide bonds. The van der Waals surface area contributed by atoms with Crippen molar-refractivity contribution in [2.24, 2.45) is 5.41 Å². The largest absolute Gasteiger partial charge is 0.426 e. The van der Waals surface area contributed by atoms with Gasteiger partial charge in [-0.2, -0.15) is 0 Å². The first-order valence-corrected chi connectivity index (χ1v) is 7.70. The molecule has 2 rings (SSSR count). The Morgan fingerprint density at radius 2 is 1.54 bits per heavy atom. The summed E-state index contributed by atoms with van der Waals surface area (Å²) in [5.74, 6) is -0.541. The normalized spacial score (nSPS) is 11.0. The first-order valence-electron chi connectivity index (χ1n) is 7.70. The van der Waals surface area contributed by atoms with Crippen LogP contribution in [0.3, 0.4) is 0 Å². The van der Waals surface area contributed by atoms with Gasteiger partial charge in [-0.3, -0.25) is 14.4 Å². The highest BCUT2D eigenvalue weighted by atomic mass is 16.5. The van der Waals surface area contributed by atoms with Crippen LogP contribution in [0.2, 0.25) is 0 Å². The van der Waals surface area contributed by atoms with Crippen LogP contribution in [0.1, 0.15) is 53.5 Å². The van der Waals surface area contributed by atoms with Crippen LogP contribution < -0.4 is 4.74 Å². The summed E-state index contributed by atoms with van der Waals surface area (Å²) in [7, 11) is 0. The molecule has 0 bridgehead atoms. The van der Waals surface area contributed by atoms with Gasteiger partial charge in [-0.25, -0.2) is 0 Å². The van der Waals surface area contributed by atoms with Crippen molar-refractivity contribution in [2.45, 2.75) is 27.2 Å². The first-order chi connectivity index (χ1) is 11.3. The topological polar surface area (TPSA) is 60.4 Å². The minimum atomic E-state index is -0.397. The molecule has 0 aromatic heterocycles. The SMILES string of the molecule is CC(C)(C)CC(=O)Oc1ccccc1C(=O)c1ccccc1C=O. The van der Waals surface area contributed by atoms with Gasteiger partial charge in [0, 0.05) is 11.1 Å². The lowest BCUT2D eigenvalue weighted by Crippen LogP contribution is -2.19. The van der Waals surface area contributed by atoms with Gasteiger partial charge in [-0.05, 0) is 17.5 Å². The fourth-order valence-corrected chi connectivity index (χ4v) is 2.29. The number of hydrogen-bond donors (Lipinski definition) is 0. The van der Waals surface area contributed by atoms with Crippen LogP contribution in [0.15, 0.2) is 48.5 Å². The highest BCUT2D eigenvalue weighted by Crippen LogP contribution is 2.25. The molecule has 0 heterocycles. The molecule has 0 saturated carbocycles. The van der Waals surface area contributed by atoms with Crippen LogP contribution in [-0.2, 0) is 4.79 Å². The minimum Gasteiger partial charge on any atom is -0.426 e. The highest BCUT2D eigenvalue weighted by molar-refractivity contribution is 6.14. The van der Waals surface area contributed by atoms with E-state index in [0.717, 1.165) is 0 Å². The molecule has 0 saturated heterocycles. The number of hydrogen-bond acceptors (Lipinski definition) is 4. The van der Waals surface area contributed by atoms with Crippen LogP contribution in [0.5, 0.6) is 5.75 Å². The maximum absolute atomic E-state index is 12.8. The van der Waals surface area contributed by atoms with E-state index in [4.69, 9.17) is 4.74 Å². The summed E-state index contributed by atoms with van der Waals surface area (Å²) < 4.78 is 5.39. The molecular weight excluding hydrogens is 304 g/mol. The average molecular weight is 324 g/mol. The molecule has 4 heteroatoms. The number of carbonyl (C=O) groups is 3. The first kappa shape index (κ1) is 17.6. The van der Waals surface area contributed by atoms with Gasteiger partial charge in [0.25, 0.3) is 0 Å². The molecular formula is C20H20O4. The van der Waals surface area contributed by atoms with Crippen LogP contribution in [0, 0.1) is 5.41 Å². The van der Waals surface area contributed by atoms with E-state index in [-0.39, 0.29) is 34.5 Å². The van der Waals surface area contributed by atoms with Gasteiger partial charge in [-0.1, -0.05) is 57.2 Å². The number of ketones is 1. The summed E-state index contributed by atoms with van der Waals surface area (Å²) in [6, 6.07) is 13.1. The highest BCUT2D eigenvalue weighted by Gasteiger charge is 2.21. The summed E-state index contributed by atoms with van der Waals surface area (Å²) in [5, 5.41) is 0. The fourth-order valence-electron chi connectivity index (χ4n) is 2.29. The number of rotatable bonds is 5. The van der Waals surface area contributed by atoms with E-state index in [1.165, 1.54) is 0 Å². The lowest BCUT2D eigenvalue weighted by Gasteiger charge is -2.17. The van der Waals surface area contributed by atoms with E-state index < -0.39 is 5.97 Å². The van der Waals surface area contributed by atoms with Gasteiger partial charge in [0.15, 0.2) is 12.1 Å². The van der Waals surface area contributed by atoms with E-state index in [1.807, 2.05) is 20.8 Å². The van der Waals surface area contributed by atoms with Crippen molar-refractivity contribution in [1.29, 1.82) is 0 Å². The second kappa shape index (κ2) is 7.21. The van der Waals surface area contributed by atoms with Crippen molar-refractivity contribution in [2.75, 3.05) is 0 Å². The summed E-state index contributed by atoms with van der Waals surface area (Å²) in [5.41, 5.74) is 0.638. The molecule has 124 valence electrons. The standard InChI is InChI=1S/C20H20O4/c1-20(2,3)12-18(22)24-17-11-7-6-10-16(17)19(23)15-9-5-4-8-14(15)13-21/h4-11,13H,12H2,1-3H3. The smallest absolute Gasteiger partial charge is 0.311 e. The molecule has 0 spiro atoms. The van der Waals surface area contributed by atoms with Gasteiger partial charge in [0.2, 0.25) is 0 Å². The van der Waals surface area contributed by atoms with Gasteiger partial charge in [0.05, 0.1) is 12.0 Å². The Morgan fingerprint density at radius 3 is 2.17 bits per heavy atom. The Bertz CT molecular complexity index is 769. The lowest BCUT2D eigenvalue weighted by molar-refractivity contribution is -0.136. The number of benzene rings is 2. The zero-order chi connectivity index (χ0) is 17.7. The molecule has 0 aliphatic rings. The van der Waals surface area contributed by atoms with Gasteiger partial charge >= 0.3 is 5.97 Å². The van der Waals surface area contributed by atoms with Crippen LogP contribution >= 0.6 is 0 Å². The zero-order valence-corrected chi connectivity index (χ0v) is 14.0. The Labute approximate surface area is 141 Å². The number of carbonyl (C=O) groups excluding carboxylic acids is 3. The van der Waals surface area contributed by atoms with Crippen molar-refractivity contribution in [3.63, 3.8) is 0 Å². The predicted octanol–water partition coefficient (Wildman–Crippen LogP) is 4.07. The van der Waals surface area contributed by atoms with Crippen molar-refractivity contribution in [1.82, 2.24) is 0 Å². The Morgan fingerprint density at radius 1 is 0.958 bits per heavy atom. The van der Waals surface area contributed by atoms with E-state index in [9.17, 15) is 14.4 Å². The molecule has 0 N–H and O–H groups in total. The Kier molecular flexibility index (Phi) is 5.29. The maximum Gasteiger partial charge on any atom is 0.311 e. The monoisotopic (exact) mass is 324 g/mol. The third kappa shape index (κ3) is 4.38. The summed E-state index contributed by atoms with van der Waals surface area (Å²) in [6.45, 7) is 5.81. The Balaban J connectivity index is 2.33. The quantitative estimate of drug-likeness (QED) is 0.360. The number of para-hydroxylation sites is 1. The molecule has 2 aromatic rings. The molecule has 2 aromatic carbocycles. The van der Waals surface area contributed by atoms with E-state index in [0.29, 0.717) is 11.8 Å². The van der Waals surface area contributed by atoms with Gasteiger partial charge < -0.3 is 4.74 Å². The number of aldehydes is 1. The van der Waals surface area contributed by atoms with E-state index >= 15 is 0 Å². The molecule has 0 atom stereocenters. The second-order valence-corrected chi connectivity index (χ2v) is 6.74. The van der Waals surface area contributed by atoms with E-state index in [1.54, 1.807) is 48.5 Å². The molecule has 0 fully saturated rings. The molecule has 0 unspecified atom stereocenters. The van der Waals surface area contributed by atoms with Crippen LogP contribution in [0.25, 0.3) is 0 Å². The third-order valence-corrected chi connectivity index (χ3v) is 3.36. The molecule has 4 nitrogen and oxygen atoms in total. The molecule has 0 aliphatic heterocycles. The van der Waals surface area contributed by atoms with Gasteiger partial charge in [-0.15, -0.1) is 0 Å². The van der Waals surface area contributed by atoms with Gasteiger partial charge in [0.1, 0.15) is 5.75 Å². The Hall–Kier alpha value is -2.75. The van der Waals surface area contributed by atoms with Crippen LogP contribution in [0.4, 0.5) is 0 Å². The molecule has 24 heavy (non-hydrogen) atoms. The van der Waals surface area contributed by atoms with Crippen molar-refractivity contribution >= 4 is 18.0 Å². The van der Waals surface area contributed by atoms with Crippen LogP contribution in [-0.4, -0.2) is 18.0 Å². The van der Waals surface area contributed by atoms with Crippen molar-refractivity contribution in [3.8, 4) is 5.75 Å². The zero-order valence-electron chi connectivity index (χ0n) is 14.0. The van der Waals surface area contributed by atoms with Crippen molar-refractivity contribution < 1.29 is 19.1 Å². The maximum atomic E-state index is 12.8. The third-order valence-electron chi connectivity index (χ3n) is 3.36. The minimum absolute atomic E-state index is 0.206. The summed E-state index contributed by atoms with van der Waals surface area (Å²) >= 11 is 0. The van der Waals surface area contributed by atoms with Crippen molar-refractivity contribution in [3.05, 3.63) is 65.2 Å². The molecule has 0 radical (unpaired) electrons. The number of esters is 1. The molecule has 0 aliphatic carbocycles. The van der Waals surface area contributed by atoms with E-state index in [2.05, 4.69) is 0 Å². The predicted molar refractivity (Wildman–Crippen MR) is 91.4 cm³/mol. The fraction of sp³-hybridized carbons (Fsp3) is 0.250. The second-order valence-electron chi connectivity index (χ2n) is 6.74. The number of ether oxygens (including phenoxy) is 1.